The molecular formula is C9H14O2. The number of fused-ring (bicyclic) bond motifs is 1. The molecule has 0 amide bonds. The summed E-state index contributed by atoms with van der Waals surface area (Å²) in [5.74, 6) is 1.71. The Hall–Kier alpha value is -0.500. The summed E-state index contributed by atoms with van der Waals surface area (Å²) in [6.45, 7) is 2.01. The molecule has 62 valence electrons. The Labute approximate surface area is 66.9 Å². The van der Waals surface area contributed by atoms with Gasteiger partial charge in [0.2, 0.25) is 0 Å². The summed E-state index contributed by atoms with van der Waals surface area (Å²) >= 11 is 0. The lowest BCUT2D eigenvalue weighted by molar-refractivity contribution is 0.117. The number of rotatable bonds is 0. The van der Waals surface area contributed by atoms with E-state index in [1.165, 1.54) is 0 Å². The van der Waals surface area contributed by atoms with E-state index in [0.717, 1.165) is 25.0 Å². The molecule has 2 nitrogen and oxygen atoms in total. The smallest absolute Gasteiger partial charge is 0.104 e. The van der Waals surface area contributed by atoms with Gasteiger partial charge in [-0.05, 0) is 19.4 Å². The third-order valence-corrected chi connectivity index (χ3v) is 2.69. The van der Waals surface area contributed by atoms with Gasteiger partial charge in [-0.15, -0.1) is 0 Å². The van der Waals surface area contributed by atoms with Crippen LogP contribution in [-0.2, 0) is 4.74 Å². The van der Waals surface area contributed by atoms with Gasteiger partial charge in [-0.1, -0.05) is 0 Å². The van der Waals surface area contributed by atoms with Gasteiger partial charge in [0, 0.05) is 18.8 Å². The van der Waals surface area contributed by atoms with Crippen molar-refractivity contribution < 1.29 is 9.84 Å². The first-order chi connectivity index (χ1) is 5.29. The van der Waals surface area contributed by atoms with Crippen LogP contribution in [0.3, 0.4) is 0 Å². The summed E-state index contributed by atoms with van der Waals surface area (Å²) in [5.41, 5.74) is 0. The molecule has 2 aliphatic rings. The van der Waals surface area contributed by atoms with Crippen LogP contribution in [0.2, 0.25) is 0 Å². The van der Waals surface area contributed by atoms with Crippen LogP contribution in [0.25, 0.3) is 0 Å². The zero-order valence-corrected chi connectivity index (χ0v) is 6.79. The minimum atomic E-state index is -0.108. The second-order valence-corrected chi connectivity index (χ2v) is 3.50. The summed E-state index contributed by atoms with van der Waals surface area (Å²) in [4.78, 5) is 0. The molecule has 0 aromatic carbocycles. The van der Waals surface area contributed by atoms with Crippen LogP contribution >= 0.6 is 0 Å². The summed E-state index contributed by atoms with van der Waals surface area (Å²) in [5, 5.41) is 9.29. The zero-order valence-electron chi connectivity index (χ0n) is 6.79. The molecular weight excluding hydrogens is 140 g/mol. The molecule has 2 rings (SSSR count). The number of allylic oxidation sites excluding steroid dienone is 2. The first-order valence-electron chi connectivity index (χ1n) is 4.29. The summed E-state index contributed by atoms with van der Waals surface area (Å²) < 4.78 is 5.61. The Morgan fingerprint density at radius 1 is 1.55 bits per heavy atom. The van der Waals surface area contributed by atoms with Crippen LogP contribution in [0.1, 0.15) is 26.2 Å². The van der Waals surface area contributed by atoms with Crippen molar-refractivity contribution in [2.75, 3.05) is 0 Å². The molecule has 0 spiro atoms. The standard InChI is InChI=1S/C9H14O2/c1-2-8-4-6-3-7(10)5-9(6)11-8/h2,6-7,9-10H,3-5H2,1H3/b8-2-/t6-,7-,9-/m0/s1. The van der Waals surface area contributed by atoms with E-state index in [1.807, 2.05) is 13.0 Å². The van der Waals surface area contributed by atoms with E-state index in [4.69, 9.17) is 4.74 Å². The molecule has 0 aromatic heterocycles. The summed E-state index contributed by atoms with van der Waals surface area (Å²) in [6.07, 6.45) is 5.05. The van der Waals surface area contributed by atoms with E-state index in [9.17, 15) is 5.11 Å². The van der Waals surface area contributed by atoms with Crippen molar-refractivity contribution in [1.29, 1.82) is 0 Å². The third kappa shape index (κ3) is 1.16. The molecule has 0 aromatic rings. The lowest BCUT2D eigenvalue weighted by Gasteiger charge is -2.06. The Balaban J connectivity index is 2.04. The van der Waals surface area contributed by atoms with Crippen LogP contribution < -0.4 is 0 Å². The molecule has 2 heteroatoms. The van der Waals surface area contributed by atoms with Gasteiger partial charge in [0.1, 0.15) is 6.10 Å². The van der Waals surface area contributed by atoms with E-state index in [1.54, 1.807) is 0 Å². The van der Waals surface area contributed by atoms with E-state index >= 15 is 0 Å². The van der Waals surface area contributed by atoms with Crippen molar-refractivity contribution in [2.24, 2.45) is 5.92 Å². The van der Waals surface area contributed by atoms with E-state index in [0.29, 0.717) is 12.0 Å². The molecule has 0 unspecified atom stereocenters. The quantitative estimate of drug-likeness (QED) is 0.572. The molecule has 0 radical (unpaired) electrons. The van der Waals surface area contributed by atoms with Gasteiger partial charge in [-0.3, -0.25) is 0 Å². The molecule has 1 saturated carbocycles. The number of aliphatic hydroxyl groups is 1. The zero-order chi connectivity index (χ0) is 7.84. The molecule has 1 N–H and O–H groups in total. The van der Waals surface area contributed by atoms with Crippen molar-refractivity contribution in [2.45, 2.75) is 38.4 Å². The Morgan fingerprint density at radius 3 is 3.00 bits per heavy atom. The molecule has 3 atom stereocenters. The highest BCUT2D eigenvalue weighted by molar-refractivity contribution is 5.04. The number of aliphatic hydroxyl groups excluding tert-OH is 1. The van der Waals surface area contributed by atoms with Crippen molar-refractivity contribution in [3.05, 3.63) is 11.8 Å². The Morgan fingerprint density at radius 2 is 2.36 bits per heavy atom. The van der Waals surface area contributed by atoms with E-state index in [2.05, 4.69) is 0 Å². The van der Waals surface area contributed by atoms with Gasteiger partial charge >= 0.3 is 0 Å². The maximum absolute atomic E-state index is 9.29. The second kappa shape index (κ2) is 2.52. The second-order valence-electron chi connectivity index (χ2n) is 3.50. The van der Waals surface area contributed by atoms with Crippen LogP contribution in [-0.4, -0.2) is 17.3 Å². The molecule has 1 heterocycles. The molecule has 1 aliphatic heterocycles. The maximum atomic E-state index is 9.29. The van der Waals surface area contributed by atoms with Crippen LogP contribution in [0.5, 0.6) is 0 Å². The predicted molar refractivity (Wildman–Crippen MR) is 42.0 cm³/mol. The fourth-order valence-electron chi connectivity index (χ4n) is 2.10. The monoisotopic (exact) mass is 154 g/mol. The molecule has 0 bridgehead atoms. The van der Waals surface area contributed by atoms with E-state index < -0.39 is 0 Å². The van der Waals surface area contributed by atoms with Crippen LogP contribution in [0, 0.1) is 5.92 Å². The average Bonchev–Trinajstić information content (AvgIpc) is 2.43. The van der Waals surface area contributed by atoms with Gasteiger partial charge in [0.25, 0.3) is 0 Å². The van der Waals surface area contributed by atoms with Gasteiger partial charge in [-0.25, -0.2) is 0 Å². The average molecular weight is 154 g/mol. The van der Waals surface area contributed by atoms with E-state index in [-0.39, 0.29) is 6.10 Å². The minimum absolute atomic E-state index is 0.108. The highest BCUT2D eigenvalue weighted by atomic mass is 16.5. The lowest BCUT2D eigenvalue weighted by atomic mass is 10.0. The SMILES string of the molecule is C/C=C1/C[C@@H]2C[C@H](O)C[C@@H]2O1. The van der Waals surface area contributed by atoms with Gasteiger partial charge in [-0.2, -0.15) is 0 Å². The third-order valence-electron chi connectivity index (χ3n) is 2.69. The van der Waals surface area contributed by atoms with Crippen LogP contribution in [0.15, 0.2) is 11.8 Å². The normalized spacial score (nSPS) is 46.0. The summed E-state index contributed by atoms with van der Waals surface area (Å²) in [7, 11) is 0. The first kappa shape index (κ1) is 7.17. The molecule has 1 saturated heterocycles. The predicted octanol–water partition coefficient (Wildman–Crippen LogP) is 1.45. The van der Waals surface area contributed by atoms with Crippen LogP contribution in [0.4, 0.5) is 0 Å². The first-order valence-corrected chi connectivity index (χ1v) is 4.29. The molecule has 2 fully saturated rings. The number of hydrogen-bond donors (Lipinski definition) is 1. The molecule has 1 aliphatic carbocycles. The van der Waals surface area contributed by atoms with Crippen molar-refractivity contribution >= 4 is 0 Å². The van der Waals surface area contributed by atoms with Gasteiger partial charge in [0.05, 0.1) is 11.9 Å². The Kier molecular flexibility index (Phi) is 1.64. The lowest BCUT2D eigenvalue weighted by Crippen LogP contribution is -2.07. The largest absolute Gasteiger partial charge is 0.495 e. The highest BCUT2D eigenvalue weighted by Gasteiger charge is 2.40. The summed E-state index contributed by atoms with van der Waals surface area (Å²) in [6, 6.07) is 0. The number of hydrogen-bond acceptors (Lipinski definition) is 2. The maximum Gasteiger partial charge on any atom is 0.104 e. The minimum Gasteiger partial charge on any atom is -0.495 e. The highest BCUT2D eigenvalue weighted by Crippen LogP contribution is 2.40. The number of ether oxygens (including phenoxy) is 1. The fourth-order valence-corrected chi connectivity index (χ4v) is 2.10. The topological polar surface area (TPSA) is 29.5 Å². The van der Waals surface area contributed by atoms with Crippen molar-refractivity contribution in [1.82, 2.24) is 0 Å². The van der Waals surface area contributed by atoms with Gasteiger partial charge in [0.15, 0.2) is 0 Å². The van der Waals surface area contributed by atoms with Gasteiger partial charge < -0.3 is 9.84 Å². The fraction of sp³-hybridized carbons (Fsp3) is 0.778. The van der Waals surface area contributed by atoms with Crippen molar-refractivity contribution in [3.8, 4) is 0 Å². The Bertz CT molecular complexity index is 170. The molecule has 11 heavy (non-hydrogen) atoms. The van der Waals surface area contributed by atoms with Crippen molar-refractivity contribution in [3.63, 3.8) is 0 Å².